The van der Waals surface area contributed by atoms with Gasteiger partial charge in [-0.05, 0) is 56.2 Å². The summed E-state index contributed by atoms with van der Waals surface area (Å²) in [6.45, 7) is 5.11. The van der Waals surface area contributed by atoms with Crippen LogP contribution in [0.3, 0.4) is 0 Å². The van der Waals surface area contributed by atoms with Crippen molar-refractivity contribution < 1.29 is 17.2 Å². The van der Waals surface area contributed by atoms with Crippen molar-refractivity contribution >= 4 is 20.7 Å². The first kappa shape index (κ1) is 15.7. The van der Waals surface area contributed by atoms with Crippen LogP contribution in [0, 0.1) is 32.4 Å². The van der Waals surface area contributed by atoms with Crippen LogP contribution in [-0.2, 0) is 9.84 Å². The van der Waals surface area contributed by atoms with Gasteiger partial charge in [0.25, 0.3) is 0 Å². The van der Waals surface area contributed by atoms with Gasteiger partial charge in [-0.25, -0.2) is 17.2 Å². The number of fused-ring (bicyclic) bond motifs is 1. The Morgan fingerprint density at radius 1 is 0.957 bits per heavy atom. The molecule has 0 aliphatic rings. The van der Waals surface area contributed by atoms with Gasteiger partial charge in [-0.15, -0.1) is 0 Å². The highest BCUT2D eigenvalue weighted by Crippen LogP contribution is 2.34. The molecule has 0 saturated heterocycles. The zero-order chi connectivity index (χ0) is 16.9. The number of rotatable bonds is 2. The topological polar surface area (TPSA) is 49.9 Å². The molecular formula is C17H15F2NO2S. The number of sulfone groups is 1. The molecule has 120 valence electrons. The fraction of sp³-hybridized carbons (Fsp3) is 0.176. The van der Waals surface area contributed by atoms with Gasteiger partial charge in [-0.2, -0.15) is 0 Å². The third-order valence-corrected chi connectivity index (χ3v) is 5.66. The lowest BCUT2D eigenvalue weighted by molar-refractivity contribution is 0.515. The van der Waals surface area contributed by atoms with Crippen LogP contribution < -0.4 is 0 Å². The summed E-state index contributed by atoms with van der Waals surface area (Å²) >= 11 is 0. The summed E-state index contributed by atoms with van der Waals surface area (Å²) in [5, 5.41) is -0.235. The summed E-state index contributed by atoms with van der Waals surface area (Å²) in [6.07, 6.45) is 0. The van der Waals surface area contributed by atoms with Gasteiger partial charge in [0, 0.05) is 5.69 Å². The highest BCUT2D eigenvalue weighted by atomic mass is 32.2. The van der Waals surface area contributed by atoms with E-state index in [1.165, 1.54) is 25.1 Å². The molecule has 0 spiro atoms. The fourth-order valence-electron chi connectivity index (χ4n) is 2.86. The number of aromatic nitrogens is 1. The van der Waals surface area contributed by atoms with Gasteiger partial charge >= 0.3 is 0 Å². The van der Waals surface area contributed by atoms with Gasteiger partial charge in [-0.1, -0.05) is 6.07 Å². The molecule has 0 amide bonds. The number of halogens is 2. The second-order valence-electron chi connectivity index (χ2n) is 5.69. The average molecular weight is 335 g/mol. The lowest BCUT2D eigenvalue weighted by Gasteiger charge is -2.08. The number of aryl methyl sites for hydroxylation is 3. The zero-order valence-corrected chi connectivity index (χ0v) is 13.7. The molecule has 1 aromatic heterocycles. The van der Waals surface area contributed by atoms with E-state index in [0.717, 1.165) is 17.2 Å². The van der Waals surface area contributed by atoms with Crippen LogP contribution in [0.25, 0.3) is 10.9 Å². The Hall–Kier alpha value is -2.21. The summed E-state index contributed by atoms with van der Waals surface area (Å²) < 4.78 is 53.8. The van der Waals surface area contributed by atoms with Crippen molar-refractivity contribution in [3.63, 3.8) is 0 Å². The molecular weight excluding hydrogens is 320 g/mol. The monoisotopic (exact) mass is 335 g/mol. The SMILES string of the molecule is Cc1cc(C)cc(S(=O)(=O)c2c(C)[nH]c3ccc(F)c(F)c23)c1. The average Bonchev–Trinajstić information content (AvgIpc) is 2.79. The van der Waals surface area contributed by atoms with Crippen LogP contribution in [-0.4, -0.2) is 13.4 Å². The van der Waals surface area contributed by atoms with Gasteiger partial charge in [0.15, 0.2) is 11.6 Å². The molecule has 1 heterocycles. The van der Waals surface area contributed by atoms with E-state index in [1.807, 2.05) is 6.07 Å². The van der Waals surface area contributed by atoms with Crippen LogP contribution in [0.1, 0.15) is 16.8 Å². The van der Waals surface area contributed by atoms with Gasteiger partial charge < -0.3 is 4.98 Å². The molecule has 0 aliphatic carbocycles. The van der Waals surface area contributed by atoms with E-state index in [9.17, 15) is 17.2 Å². The van der Waals surface area contributed by atoms with E-state index < -0.39 is 21.5 Å². The number of H-pyrrole nitrogens is 1. The fourth-order valence-corrected chi connectivity index (χ4v) is 4.71. The Morgan fingerprint density at radius 2 is 1.57 bits per heavy atom. The van der Waals surface area contributed by atoms with Crippen molar-refractivity contribution in [2.24, 2.45) is 0 Å². The Balaban J connectivity index is 2.39. The summed E-state index contributed by atoms with van der Waals surface area (Å²) in [7, 11) is -3.98. The third kappa shape index (κ3) is 2.43. The number of aromatic amines is 1. The van der Waals surface area contributed by atoms with Crippen molar-refractivity contribution in [3.05, 3.63) is 58.8 Å². The minimum absolute atomic E-state index is 0.0719. The first-order chi connectivity index (χ1) is 10.7. The van der Waals surface area contributed by atoms with Crippen molar-refractivity contribution in [2.75, 3.05) is 0 Å². The van der Waals surface area contributed by atoms with Crippen LogP contribution in [0.15, 0.2) is 40.1 Å². The molecule has 0 bridgehead atoms. The number of hydrogen-bond acceptors (Lipinski definition) is 2. The van der Waals surface area contributed by atoms with Crippen LogP contribution >= 0.6 is 0 Å². The number of hydrogen-bond donors (Lipinski definition) is 1. The Kier molecular flexibility index (Phi) is 3.52. The summed E-state index contributed by atoms with van der Waals surface area (Å²) in [5.74, 6) is -2.23. The highest BCUT2D eigenvalue weighted by Gasteiger charge is 2.28. The summed E-state index contributed by atoms with van der Waals surface area (Å²) in [6, 6.07) is 7.21. The van der Waals surface area contributed by atoms with Crippen molar-refractivity contribution in [1.82, 2.24) is 4.98 Å². The molecule has 3 nitrogen and oxygen atoms in total. The predicted octanol–water partition coefficient (Wildman–Crippen LogP) is 4.20. The van der Waals surface area contributed by atoms with Crippen molar-refractivity contribution in [1.29, 1.82) is 0 Å². The smallest absolute Gasteiger partial charge is 0.209 e. The number of benzene rings is 2. The van der Waals surface area contributed by atoms with Gasteiger partial charge in [0.1, 0.15) is 4.90 Å². The maximum Gasteiger partial charge on any atom is 0.209 e. The lowest BCUT2D eigenvalue weighted by atomic mass is 10.2. The minimum atomic E-state index is -3.98. The molecule has 3 rings (SSSR count). The summed E-state index contributed by atoms with van der Waals surface area (Å²) in [5.41, 5.74) is 2.11. The molecule has 23 heavy (non-hydrogen) atoms. The van der Waals surface area contributed by atoms with E-state index >= 15 is 0 Å². The molecule has 2 aromatic carbocycles. The predicted molar refractivity (Wildman–Crippen MR) is 84.3 cm³/mol. The van der Waals surface area contributed by atoms with E-state index in [4.69, 9.17) is 0 Å². The highest BCUT2D eigenvalue weighted by molar-refractivity contribution is 7.91. The summed E-state index contributed by atoms with van der Waals surface area (Å²) in [4.78, 5) is 2.67. The minimum Gasteiger partial charge on any atom is -0.357 e. The van der Waals surface area contributed by atoms with E-state index in [-0.39, 0.29) is 26.4 Å². The molecule has 0 aliphatic heterocycles. The Labute approximate surface area is 132 Å². The van der Waals surface area contributed by atoms with Crippen LogP contribution in [0.2, 0.25) is 0 Å². The normalized spacial score (nSPS) is 12.0. The zero-order valence-electron chi connectivity index (χ0n) is 12.9. The van der Waals surface area contributed by atoms with Crippen LogP contribution in [0.5, 0.6) is 0 Å². The van der Waals surface area contributed by atoms with E-state index in [1.54, 1.807) is 13.8 Å². The Bertz CT molecular complexity index is 1020. The van der Waals surface area contributed by atoms with Gasteiger partial charge in [0.2, 0.25) is 9.84 Å². The lowest BCUT2D eigenvalue weighted by Crippen LogP contribution is -2.05. The molecule has 0 radical (unpaired) electrons. The molecule has 0 atom stereocenters. The first-order valence-electron chi connectivity index (χ1n) is 7.01. The third-order valence-electron chi connectivity index (χ3n) is 3.76. The maximum absolute atomic E-state index is 14.2. The van der Waals surface area contributed by atoms with Gasteiger partial charge in [0.05, 0.1) is 15.8 Å². The molecule has 1 N–H and O–H groups in total. The maximum atomic E-state index is 14.2. The first-order valence-corrected chi connectivity index (χ1v) is 8.50. The van der Waals surface area contributed by atoms with Crippen molar-refractivity contribution in [2.45, 2.75) is 30.6 Å². The second-order valence-corrected chi connectivity index (χ2v) is 7.58. The standard InChI is InChI=1S/C17H15F2NO2S/c1-9-6-10(2)8-12(7-9)23(21,22)17-11(3)20-14-5-4-13(18)16(19)15(14)17/h4-8,20H,1-3H3. The molecule has 6 heteroatoms. The van der Waals surface area contributed by atoms with Gasteiger partial charge in [-0.3, -0.25) is 0 Å². The van der Waals surface area contributed by atoms with E-state index in [2.05, 4.69) is 4.98 Å². The van der Waals surface area contributed by atoms with Crippen LogP contribution in [0.4, 0.5) is 8.78 Å². The second kappa shape index (κ2) is 5.16. The number of nitrogens with one attached hydrogen (secondary N) is 1. The molecule has 3 aromatic rings. The molecule has 0 saturated carbocycles. The Morgan fingerprint density at radius 3 is 2.17 bits per heavy atom. The molecule has 0 unspecified atom stereocenters. The van der Waals surface area contributed by atoms with E-state index in [0.29, 0.717) is 0 Å². The molecule has 0 fully saturated rings. The quantitative estimate of drug-likeness (QED) is 0.763. The van der Waals surface area contributed by atoms with Crippen molar-refractivity contribution in [3.8, 4) is 0 Å². The largest absolute Gasteiger partial charge is 0.357 e.